The Bertz CT molecular complexity index is 1150. The van der Waals surface area contributed by atoms with Gasteiger partial charge in [-0.25, -0.2) is 0 Å². The smallest absolute Gasteiger partial charge is 0.316 e. The fraction of sp³-hybridized carbons (Fsp3) is 0.423. The quantitative estimate of drug-likeness (QED) is 0.423. The summed E-state index contributed by atoms with van der Waals surface area (Å²) in [6, 6.07) is 15.5. The van der Waals surface area contributed by atoms with Gasteiger partial charge in [0.2, 0.25) is 5.91 Å². The van der Waals surface area contributed by atoms with Gasteiger partial charge in [-0.05, 0) is 36.2 Å². The van der Waals surface area contributed by atoms with Crippen molar-refractivity contribution >= 4 is 29.4 Å². The number of ketones is 1. The van der Waals surface area contributed by atoms with Gasteiger partial charge in [0.1, 0.15) is 11.2 Å². The van der Waals surface area contributed by atoms with Crippen LogP contribution in [-0.4, -0.2) is 56.2 Å². The average molecular weight is 482 g/mol. The third kappa shape index (κ3) is 2.87. The van der Waals surface area contributed by atoms with Gasteiger partial charge in [-0.15, -0.1) is 11.8 Å². The van der Waals surface area contributed by atoms with Gasteiger partial charge in [-0.1, -0.05) is 24.3 Å². The van der Waals surface area contributed by atoms with E-state index in [0.29, 0.717) is 36.6 Å². The molecule has 0 aromatic heterocycles. The van der Waals surface area contributed by atoms with Crippen LogP contribution in [0, 0.1) is 17.3 Å². The van der Waals surface area contributed by atoms with Gasteiger partial charge in [0.05, 0.1) is 38.7 Å². The van der Waals surface area contributed by atoms with Crippen molar-refractivity contribution in [2.75, 3.05) is 33.6 Å². The van der Waals surface area contributed by atoms with E-state index in [-0.39, 0.29) is 11.7 Å². The normalized spacial score (nSPS) is 29.0. The molecule has 0 spiro atoms. The minimum Gasteiger partial charge on any atom is -0.493 e. The van der Waals surface area contributed by atoms with Crippen molar-refractivity contribution in [3.63, 3.8) is 0 Å². The highest BCUT2D eigenvalue weighted by molar-refractivity contribution is 7.99. The maximum Gasteiger partial charge on any atom is 0.316 e. The predicted molar refractivity (Wildman–Crippen MR) is 126 cm³/mol. The molecule has 0 radical (unpaired) electrons. The molecule has 2 saturated carbocycles. The molecule has 5 rings (SSSR count). The van der Waals surface area contributed by atoms with E-state index in [9.17, 15) is 14.4 Å². The molecule has 3 aliphatic rings. The number of Topliss-reactive ketones (excluding diaryl/α,β-unsaturated/α-hetero) is 1. The Morgan fingerprint density at radius 3 is 2.44 bits per heavy atom. The number of ether oxygens (including phenoxy) is 3. The number of nitrogens with zero attached hydrogens (tertiary/aromatic N) is 1. The van der Waals surface area contributed by atoms with Crippen LogP contribution in [0.15, 0.2) is 53.4 Å². The molecule has 4 atom stereocenters. The summed E-state index contributed by atoms with van der Waals surface area (Å²) < 4.78 is 16.2. The second kappa shape index (κ2) is 8.34. The van der Waals surface area contributed by atoms with Gasteiger partial charge in [0.15, 0.2) is 11.5 Å². The van der Waals surface area contributed by atoms with E-state index < -0.39 is 28.8 Å². The van der Waals surface area contributed by atoms with Gasteiger partial charge >= 0.3 is 5.97 Å². The Balaban J connectivity index is 1.60. The number of esters is 1. The summed E-state index contributed by atoms with van der Waals surface area (Å²) in [5.74, 6) is -0.244. The fourth-order valence-electron chi connectivity index (χ4n) is 6.36. The van der Waals surface area contributed by atoms with Gasteiger partial charge in [0, 0.05) is 23.6 Å². The molecule has 0 bridgehead atoms. The summed E-state index contributed by atoms with van der Waals surface area (Å²) >= 11 is 1.66. The number of rotatable bonds is 8. The number of piperidine rings is 1. The van der Waals surface area contributed by atoms with Crippen LogP contribution >= 0.6 is 11.8 Å². The first kappa shape index (κ1) is 22.8. The number of methoxy groups -OCH3 is 3. The monoisotopic (exact) mass is 481 g/mol. The number of hydrogen-bond donors (Lipinski definition) is 0. The van der Waals surface area contributed by atoms with Gasteiger partial charge < -0.3 is 19.1 Å². The second-order valence-corrected chi connectivity index (χ2v) is 10.0. The fourth-order valence-corrected chi connectivity index (χ4v) is 7.22. The summed E-state index contributed by atoms with van der Waals surface area (Å²) in [4.78, 5) is 42.9. The van der Waals surface area contributed by atoms with E-state index in [4.69, 9.17) is 14.2 Å². The van der Waals surface area contributed by atoms with Crippen LogP contribution in [0.25, 0.3) is 0 Å². The molecule has 7 nitrogen and oxygen atoms in total. The van der Waals surface area contributed by atoms with Gasteiger partial charge in [-0.3, -0.25) is 14.4 Å². The molecule has 1 amide bonds. The van der Waals surface area contributed by atoms with Crippen molar-refractivity contribution in [1.29, 1.82) is 0 Å². The Hall–Kier alpha value is -3.00. The number of likely N-dealkylation sites (tertiary alicyclic amines) is 1. The van der Waals surface area contributed by atoms with E-state index in [1.165, 1.54) is 7.11 Å². The minimum absolute atomic E-state index is 0.0295. The van der Waals surface area contributed by atoms with Crippen molar-refractivity contribution < 1.29 is 28.6 Å². The van der Waals surface area contributed by atoms with Crippen molar-refractivity contribution in [2.24, 2.45) is 17.3 Å². The highest BCUT2D eigenvalue weighted by atomic mass is 32.2. The van der Waals surface area contributed by atoms with Crippen LogP contribution in [0.1, 0.15) is 18.4 Å². The summed E-state index contributed by atoms with van der Waals surface area (Å²) in [5.41, 5.74) is -1.41. The molecule has 178 valence electrons. The lowest BCUT2D eigenvalue weighted by molar-refractivity contribution is -0.160. The Labute approximate surface area is 202 Å². The maximum absolute atomic E-state index is 13.7. The maximum atomic E-state index is 13.7. The summed E-state index contributed by atoms with van der Waals surface area (Å²) in [5, 5.41) is 0. The van der Waals surface area contributed by atoms with Crippen molar-refractivity contribution in [3.8, 4) is 11.5 Å². The molecular weight excluding hydrogens is 454 g/mol. The molecule has 1 aliphatic heterocycles. The summed E-state index contributed by atoms with van der Waals surface area (Å²) in [6.45, 7) is 0.447. The van der Waals surface area contributed by atoms with E-state index >= 15 is 0 Å². The lowest BCUT2D eigenvalue weighted by Crippen LogP contribution is -2.57. The van der Waals surface area contributed by atoms with E-state index in [1.54, 1.807) is 32.0 Å². The van der Waals surface area contributed by atoms with E-state index in [0.717, 1.165) is 10.5 Å². The molecular formula is C26H27NO6S. The van der Waals surface area contributed by atoms with Crippen LogP contribution in [0.5, 0.6) is 11.5 Å². The molecule has 2 aromatic rings. The lowest BCUT2D eigenvalue weighted by Gasteiger charge is -2.48. The third-order valence-corrected chi connectivity index (χ3v) is 8.67. The molecule has 8 heteroatoms. The highest BCUT2D eigenvalue weighted by Gasteiger charge is 2.91. The van der Waals surface area contributed by atoms with Crippen molar-refractivity contribution in [3.05, 3.63) is 54.1 Å². The van der Waals surface area contributed by atoms with Crippen LogP contribution in [-0.2, 0) is 24.7 Å². The number of carbonyl (C=O) groups is 3. The average Bonchev–Trinajstić information content (AvgIpc) is 3.54. The molecule has 1 saturated heterocycles. The number of carbonyl (C=O) groups excluding carboxylic acids is 3. The van der Waals surface area contributed by atoms with Crippen LogP contribution < -0.4 is 9.47 Å². The Kier molecular flexibility index (Phi) is 5.59. The standard InChI is InChI=1S/C26H27NO6S/c1-31-19-10-9-16(15-20(19)32-2)25-12-11-18(28)21-22(26(21,25)24(30)33-3)23(29)27(25)13-14-34-17-7-5-4-6-8-17/h4-10,15,21-22H,11-14H2,1-3H3/t21?,22?,25-,26+/m1/s1. The number of fused-ring (bicyclic) bond motifs is 1. The van der Waals surface area contributed by atoms with Crippen LogP contribution in [0.2, 0.25) is 0 Å². The zero-order chi connectivity index (χ0) is 24.1. The highest BCUT2D eigenvalue weighted by Crippen LogP contribution is 2.78. The molecule has 1 heterocycles. The van der Waals surface area contributed by atoms with E-state index in [1.807, 2.05) is 47.4 Å². The number of amides is 1. The van der Waals surface area contributed by atoms with Gasteiger partial charge in [0.25, 0.3) is 0 Å². The Morgan fingerprint density at radius 1 is 1.03 bits per heavy atom. The zero-order valence-corrected chi connectivity index (χ0v) is 20.2. The molecule has 2 aliphatic carbocycles. The Morgan fingerprint density at radius 2 is 1.76 bits per heavy atom. The summed E-state index contributed by atoms with van der Waals surface area (Å²) in [6.07, 6.45) is 0.676. The number of benzene rings is 2. The lowest BCUT2D eigenvalue weighted by atomic mass is 9.66. The molecule has 34 heavy (non-hydrogen) atoms. The SMILES string of the molecule is COC(=O)[C@@]12C3C(=O)CC[C@]1(c1ccc(OC)c(OC)c1)N(CCSc1ccccc1)C(=O)C32. The zero-order valence-electron chi connectivity index (χ0n) is 19.4. The topological polar surface area (TPSA) is 82.1 Å². The minimum atomic E-state index is -1.20. The first-order valence-electron chi connectivity index (χ1n) is 11.3. The number of hydrogen-bond acceptors (Lipinski definition) is 7. The second-order valence-electron chi connectivity index (χ2n) is 8.86. The van der Waals surface area contributed by atoms with Crippen LogP contribution in [0.3, 0.4) is 0 Å². The first-order chi connectivity index (χ1) is 16.5. The molecule has 2 aromatic carbocycles. The molecule has 3 fully saturated rings. The summed E-state index contributed by atoms with van der Waals surface area (Å²) in [7, 11) is 4.44. The first-order valence-corrected chi connectivity index (χ1v) is 12.3. The largest absolute Gasteiger partial charge is 0.493 e. The molecule has 0 N–H and O–H groups in total. The van der Waals surface area contributed by atoms with Crippen LogP contribution in [0.4, 0.5) is 0 Å². The van der Waals surface area contributed by atoms with E-state index in [2.05, 4.69) is 0 Å². The van der Waals surface area contributed by atoms with Crippen molar-refractivity contribution in [2.45, 2.75) is 23.3 Å². The predicted octanol–water partition coefficient (Wildman–Crippen LogP) is 3.30. The number of thioether (sulfide) groups is 1. The van der Waals surface area contributed by atoms with Gasteiger partial charge in [-0.2, -0.15) is 0 Å². The third-order valence-electron chi connectivity index (χ3n) is 7.67. The van der Waals surface area contributed by atoms with Crippen molar-refractivity contribution in [1.82, 2.24) is 4.90 Å². The molecule has 2 unspecified atom stereocenters.